The van der Waals surface area contributed by atoms with E-state index < -0.39 is 0 Å². The van der Waals surface area contributed by atoms with Gasteiger partial charge in [0.05, 0.1) is 0 Å². The van der Waals surface area contributed by atoms with Crippen LogP contribution >= 0.6 is 11.8 Å². The highest BCUT2D eigenvalue weighted by molar-refractivity contribution is 7.99. The van der Waals surface area contributed by atoms with Crippen molar-refractivity contribution in [2.24, 2.45) is 5.92 Å². The van der Waals surface area contributed by atoms with Crippen molar-refractivity contribution in [3.63, 3.8) is 0 Å². The Morgan fingerprint density at radius 2 is 1.83 bits per heavy atom. The standard InChI is InChI=1S/C11H24S/c1-4-7-8-11(6-3)10-12-9-5-2/h11H,4-10H2,1-3H3. The Kier molecular flexibility index (Phi) is 9.71. The lowest BCUT2D eigenvalue weighted by atomic mass is 10.0. The second kappa shape index (κ2) is 9.44. The van der Waals surface area contributed by atoms with Crippen LogP contribution in [0.5, 0.6) is 0 Å². The molecule has 0 bridgehead atoms. The molecule has 0 aliphatic rings. The van der Waals surface area contributed by atoms with Crippen LogP contribution in [0.3, 0.4) is 0 Å². The van der Waals surface area contributed by atoms with E-state index in [0.29, 0.717) is 0 Å². The van der Waals surface area contributed by atoms with Crippen molar-refractivity contribution in [2.75, 3.05) is 11.5 Å². The Morgan fingerprint density at radius 1 is 1.08 bits per heavy atom. The predicted molar refractivity (Wildman–Crippen MR) is 60.9 cm³/mol. The minimum absolute atomic E-state index is 0.987. The van der Waals surface area contributed by atoms with E-state index in [-0.39, 0.29) is 0 Å². The number of hydrogen-bond donors (Lipinski definition) is 0. The molecule has 0 fully saturated rings. The second-order valence-corrected chi connectivity index (χ2v) is 4.64. The summed E-state index contributed by atoms with van der Waals surface area (Å²) < 4.78 is 0. The number of thioether (sulfide) groups is 1. The van der Waals surface area contributed by atoms with Crippen molar-refractivity contribution in [1.82, 2.24) is 0 Å². The molecule has 1 unspecified atom stereocenters. The zero-order chi connectivity index (χ0) is 9.23. The van der Waals surface area contributed by atoms with Gasteiger partial charge in [-0.25, -0.2) is 0 Å². The first kappa shape index (κ1) is 12.3. The van der Waals surface area contributed by atoms with E-state index in [1.807, 2.05) is 0 Å². The lowest BCUT2D eigenvalue weighted by Crippen LogP contribution is -2.02. The third-order valence-corrected chi connectivity index (χ3v) is 3.65. The molecule has 0 amide bonds. The highest BCUT2D eigenvalue weighted by Gasteiger charge is 2.04. The van der Waals surface area contributed by atoms with Crippen LogP contribution in [0.4, 0.5) is 0 Å². The van der Waals surface area contributed by atoms with E-state index in [1.54, 1.807) is 0 Å². The summed E-state index contributed by atoms with van der Waals surface area (Å²) in [6.45, 7) is 6.87. The maximum atomic E-state index is 2.33. The van der Waals surface area contributed by atoms with Crippen LogP contribution < -0.4 is 0 Å². The molecular weight excluding hydrogens is 164 g/mol. The van der Waals surface area contributed by atoms with E-state index in [1.165, 1.54) is 43.6 Å². The molecule has 0 aromatic rings. The Hall–Kier alpha value is 0.350. The number of unbranched alkanes of at least 4 members (excludes halogenated alkanes) is 1. The molecule has 0 saturated heterocycles. The molecule has 0 spiro atoms. The summed E-state index contributed by atoms with van der Waals surface area (Å²) in [5.41, 5.74) is 0. The molecule has 0 aromatic heterocycles. The molecule has 74 valence electrons. The van der Waals surface area contributed by atoms with Gasteiger partial charge in [0.25, 0.3) is 0 Å². The number of hydrogen-bond acceptors (Lipinski definition) is 1. The first-order valence-corrected chi connectivity index (χ1v) is 6.58. The Balaban J connectivity index is 3.26. The molecule has 1 heteroatoms. The van der Waals surface area contributed by atoms with E-state index in [0.717, 1.165) is 5.92 Å². The average Bonchev–Trinajstić information content (AvgIpc) is 2.11. The molecular formula is C11H24S. The highest BCUT2D eigenvalue weighted by Crippen LogP contribution is 2.18. The van der Waals surface area contributed by atoms with Crippen LogP contribution in [-0.4, -0.2) is 11.5 Å². The Labute approximate surface area is 82.5 Å². The zero-order valence-corrected chi connectivity index (χ0v) is 9.75. The topological polar surface area (TPSA) is 0 Å². The normalized spacial score (nSPS) is 13.2. The molecule has 0 aliphatic heterocycles. The summed E-state index contributed by atoms with van der Waals surface area (Å²) in [6.07, 6.45) is 6.93. The first-order chi connectivity index (χ1) is 5.85. The predicted octanol–water partition coefficient (Wildman–Crippen LogP) is 4.35. The van der Waals surface area contributed by atoms with Crippen molar-refractivity contribution < 1.29 is 0 Å². The summed E-state index contributed by atoms with van der Waals surface area (Å²) in [4.78, 5) is 0. The monoisotopic (exact) mass is 188 g/mol. The van der Waals surface area contributed by atoms with Crippen molar-refractivity contribution in [3.8, 4) is 0 Å². The van der Waals surface area contributed by atoms with E-state index >= 15 is 0 Å². The quantitative estimate of drug-likeness (QED) is 0.510. The maximum absolute atomic E-state index is 2.33. The van der Waals surface area contributed by atoms with E-state index in [9.17, 15) is 0 Å². The maximum Gasteiger partial charge on any atom is -0.00392 e. The van der Waals surface area contributed by atoms with Gasteiger partial charge in [-0.15, -0.1) is 0 Å². The third-order valence-electron chi connectivity index (χ3n) is 2.25. The van der Waals surface area contributed by atoms with Gasteiger partial charge in [-0.1, -0.05) is 40.0 Å². The largest absolute Gasteiger partial charge is 0.162 e. The van der Waals surface area contributed by atoms with E-state index in [4.69, 9.17) is 0 Å². The van der Waals surface area contributed by atoms with Crippen LogP contribution in [0.1, 0.15) is 52.9 Å². The summed E-state index contributed by atoms with van der Waals surface area (Å²) in [5.74, 6) is 3.73. The fraction of sp³-hybridized carbons (Fsp3) is 1.00. The van der Waals surface area contributed by atoms with Gasteiger partial charge in [0.15, 0.2) is 0 Å². The Bertz CT molecular complexity index is 81.1. The highest BCUT2D eigenvalue weighted by atomic mass is 32.2. The smallest absolute Gasteiger partial charge is 0.00392 e. The van der Waals surface area contributed by atoms with Crippen molar-refractivity contribution >= 4 is 11.8 Å². The fourth-order valence-corrected chi connectivity index (χ4v) is 2.48. The molecule has 0 heterocycles. The molecule has 0 nitrogen and oxygen atoms in total. The molecule has 0 aromatic carbocycles. The minimum Gasteiger partial charge on any atom is -0.162 e. The SMILES string of the molecule is CCCCC(CC)CSCCC. The van der Waals surface area contributed by atoms with Crippen LogP contribution in [0.25, 0.3) is 0 Å². The van der Waals surface area contributed by atoms with Gasteiger partial charge in [0.1, 0.15) is 0 Å². The van der Waals surface area contributed by atoms with Crippen molar-refractivity contribution in [1.29, 1.82) is 0 Å². The molecule has 12 heavy (non-hydrogen) atoms. The first-order valence-electron chi connectivity index (χ1n) is 5.42. The zero-order valence-electron chi connectivity index (χ0n) is 8.94. The minimum atomic E-state index is 0.987. The van der Waals surface area contributed by atoms with Crippen LogP contribution in [0, 0.1) is 5.92 Å². The lowest BCUT2D eigenvalue weighted by molar-refractivity contribution is 0.499. The molecule has 0 aliphatic carbocycles. The molecule has 0 saturated carbocycles. The van der Waals surface area contributed by atoms with Crippen LogP contribution in [-0.2, 0) is 0 Å². The van der Waals surface area contributed by atoms with Crippen molar-refractivity contribution in [2.45, 2.75) is 52.9 Å². The van der Waals surface area contributed by atoms with Gasteiger partial charge in [-0.05, 0) is 30.3 Å². The summed E-state index contributed by atoms with van der Waals surface area (Å²) in [5, 5.41) is 0. The third kappa shape index (κ3) is 7.02. The van der Waals surface area contributed by atoms with Gasteiger partial charge in [0, 0.05) is 0 Å². The molecule has 0 rings (SSSR count). The second-order valence-electron chi connectivity index (χ2n) is 3.49. The van der Waals surface area contributed by atoms with Crippen molar-refractivity contribution in [3.05, 3.63) is 0 Å². The molecule has 0 N–H and O–H groups in total. The summed E-state index contributed by atoms with van der Waals surface area (Å²) in [7, 11) is 0. The number of rotatable bonds is 8. The van der Waals surface area contributed by atoms with E-state index in [2.05, 4.69) is 32.5 Å². The van der Waals surface area contributed by atoms with Gasteiger partial charge in [-0.3, -0.25) is 0 Å². The summed E-state index contributed by atoms with van der Waals surface area (Å²) in [6, 6.07) is 0. The van der Waals surface area contributed by atoms with Crippen LogP contribution in [0.2, 0.25) is 0 Å². The molecule has 1 atom stereocenters. The molecule has 0 radical (unpaired) electrons. The van der Waals surface area contributed by atoms with Gasteiger partial charge < -0.3 is 0 Å². The lowest BCUT2D eigenvalue weighted by Gasteiger charge is -2.13. The van der Waals surface area contributed by atoms with Gasteiger partial charge >= 0.3 is 0 Å². The summed E-state index contributed by atoms with van der Waals surface area (Å²) >= 11 is 2.14. The Morgan fingerprint density at radius 3 is 2.33 bits per heavy atom. The van der Waals surface area contributed by atoms with Crippen LogP contribution in [0.15, 0.2) is 0 Å². The average molecular weight is 188 g/mol. The fourth-order valence-electron chi connectivity index (χ4n) is 1.29. The van der Waals surface area contributed by atoms with Gasteiger partial charge in [0.2, 0.25) is 0 Å². The van der Waals surface area contributed by atoms with Gasteiger partial charge in [-0.2, -0.15) is 11.8 Å².